The Kier molecular flexibility index (Phi) is 3.17. The van der Waals surface area contributed by atoms with Gasteiger partial charge >= 0.3 is 5.97 Å². The zero-order chi connectivity index (χ0) is 10.9. The molecule has 0 aliphatic heterocycles. The summed E-state index contributed by atoms with van der Waals surface area (Å²) in [5, 5.41) is 17.3. The molecule has 2 N–H and O–H groups in total. The standard InChI is InChI=1S/C8H5BrF2O3/c9-4-2-5(10)3(1-6(4)11)7(12)8(13)14/h1-2,7,12H,(H,13,14). The van der Waals surface area contributed by atoms with Crippen LogP contribution < -0.4 is 0 Å². The maximum absolute atomic E-state index is 13.0. The van der Waals surface area contributed by atoms with Crippen molar-refractivity contribution in [1.82, 2.24) is 0 Å². The van der Waals surface area contributed by atoms with Gasteiger partial charge < -0.3 is 10.2 Å². The molecular formula is C8H5BrF2O3. The molecule has 0 amide bonds. The average molecular weight is 267 g/mol. The second-order valence-electron chi connectivity index (χ2n) is 2.53. The lowest BCUT2D eigenvalue weighted by molar-refractivity contribution is -0.147. The van der Waals surface area contributed by atoms with Crippen molar-refractivity contribution in [2.75, 3.05) is 0 Å². The van der Waals surface area contributed by atoms with E-state index in [1.807, 2.05) is 0 Å². The van der Waals surface area contributed by atoms with E-state index in [1.165, 1.54) is 0 Å². The van der Waals surface area contributed by atoms with Gasteiger partial charge in [0.1, 0.15) is 11.6 Å². The Balaban J connectivity index is 3.22. The molecule has 1 aromatic rings. The minimum atomic E-state index is -2.06. The first-order chi connectivity index (χ1) is 6.43. The van der Waals surface area contributed by atoms with Crippen LogP contribution in [0, 0.1) is 11.6 Å². The zero-order valence-corrected chi connectivity index (χ0v) is 8.25. The average Bonchev–Trinajstić information content (AvgIpc) is 2.10. The monoisotopic (exact) mass is 266 g/mol. The van der Waals surface area contributed by atoms with Crippen molar-refractivity contribution in [2.24, 2.45) is 0 Å². The van der Waals surface area contributed by atoms with E-state index in [-0.39, 0.29) is 4.47 Å². The summed E-state index contributed by atoms with van der Waals surface area (Å²) in [7, 11) is 0. The Bertz CT molecular complexity index is 381. The third-order valence-electron chi connectivity index (χ3n) is 1.57. The molecule has 76 valence electrons. The molecule has 0 saturated heterocycles. The van der Waals surface area contributed by atoms with E-state index >= 15 is 0 Å². The summed E-state index contributed by atoms with van der Waals surface area (Å²) in [5.74, 6) is -3.44. The fraction of sp³-hybridized carbons (Fsp3) is 0.125. The number of aliphatic hydroxyl groups is 1. The van der Waals surface area contributed by atoms with Gasteiger partial charge in [-0.25, -0.2) is 13.6 Å². The SMILES string of the molecule is O=C(O)C(O)c1cc(F)c(Br)cc1F. The van der Waals surface area contributed by atoms with Crippen LogP contribution in [0.1, 0.15) is 11.7 Å². The van der Waals surface area contributed by atoms with E-state index in [2.05, 4.69) is 15.9 Å². The normalized spacial score (nSPS) is 12.6. The van der Waals surface area contributed by atoms with E-state index in [9.17, 15) is 13.6 Å². The van der Waals surface area contributed by atoms with Gasteiger partial charge in [-0.05, 0) is 28.1 Å². The first-order valence-electron chi connectivity index (χ1n) is 3.48. The molecule has 3 nitrogen and oxygen atoms in total. The quantitative estimate of drug-likeness (QED) is 0.804. The Morgan fingerprint density at radius 1 is 1.36 bits per heavy atom. The molecular weight excluding hydrogens is 262 g/mol. The van der Waals surface area contributed by atoms with Crippen LogP contribution in [-0.2, 0) is 4.79 Å². The molecule has 0 radical (unpaired) electrons. The molecule has 1 atom stereocenters. The first-order valence-corrected chi connectivity index (χ1v) is 4.28. The number of hydrogen-bond acceptors (Lipinski definition) is 2. The largest absolute Gasteiger partial charge is 0.479 e. The van der Waals surface area contributed by atoms with E-state index < -0.39 is 29.3 Å². The van der Waals surface area contributed by atoms with Crippen LogP contribution in [0.4, 0.5) is 8.78 Å². The third-order valence-corrected chi connectivity index (χ3v) is 2.18. The molecule has 0 aliphatic carbocycles. The van der Waals surface area contributed by atoms with Crippen LogP contribution in [-0.4, -0.2) is 16.2 Å². The summed E-state index contributed by atoms with van der Waals surface area (Å²) in [6.45, 7) is 0. The van der Waals surface area contributed by atoms with Gasteiger partial charge in [0.25, 0.3) is 0 Å². The maximum Gasteiger partial charge on any atom is 0.337 e. The second-order valence-corrected chi connectivity index (χ2v) is 3.38. The van der Waals surface area contributed by atoms with Crippen molar-refractivity contribution in [3.8, 4) is 0 Å². The molecule has 0 bridgehead atoms. The minimum absolute atomic E-state index is 0.128. The fourth-order valence-corrected chi connectivity index (χ4v) is 1.20. The van der Waals surface area contributed by atoms with Crippen LogP contribution in [0.15, 0.2) is 16.6 Å². The van der Waals surface area contributed by atoms with E-state index in [0.717, 1.165) is 6.07 Å². The number of hydrogen-bond donors (Lipinski definition) is 2. The molecule has 1 unspecified atom stereocenters. The zero-order valence-electron chi connectivity index (χ0n) is 6.67. The lowest BCUT2D eigenvalue weighted by atomic mass is 10.1. The smallest absolute Gasteiger partial charge is 0.337 e. The number of carbonyl (C=O) groups is 1. The van der Waals surface area contributed by atoms with E-state index in [1.54, 1.807) is 0 Å². The van der Waals surface area contributed by atoms with Crippen molar-refractivity contribution in [2.45, 2.75) is 6.10 Å². The van der Waals surface area contributed by atoms with Crippen molar-refractivity contribution in [1.29, 1.82) is 0 Å². The molecule has 0 aliphatic rings. The highest BCUT2D eigenvalue weighted by atomic mass is 79.9. The predicted octanol–water partition coefficient (Wildman–Crippen LogP) is 1.85. The summed E-state index contributed by atoms with van der Waals surface area (Å²) in [6, 6.07) is 1.40. The summed E-state index contributed by atoms with van der Waals surface area (Å²) >= 11 is 2.72. The Labute approximate surface area is 86.1 Å². The van der Waals surface area contributed by atoms with Gasteiger partial charge in [-0.3, -0.25) is 0 Å². The highest BCUT2D eigenvalue weighted by Gasteiger charge is 2.21. The Morgan fingerprint density at radius 2 is 1.93 bits per heavy atom. The van der Waals surface area contributed by atoms with Crippen molar-refractivity contribution < 1.29 is 23.8 Å². The summed E-state index contributed by atoms with van der Waals surface area (Å²) in [5.41, 5.74) is -0.599. The van der Waals surface area contributed by atoms with E-state index in [0.29, 0.717) is 6.07 Å². The lowest BCUT2D eigenvalue weighted by Gasteiger charge is -2.07. The number of halogens is 3. The van der Waals surface area contributed by atoms with E-state index in [4.69, 9.17) is 10.2 Å². The number of aliphatic hydroxyl groups excluding tert-OH is 1. The van der Waals surface area contributed by atoms with Gasteiger partial charge in [-0.15, -0.1) is 0 Å². The lowest BCUT2D eigenvalue weighted by Crippen LogP contribution is -2.12. The summed E-state index contributed by atoms with van der Waals surface area (Å²) < 4.78 is 25.8. The number of carboxylic acid groups (broad SMARTS) is 1. The van der Waals surface area contributed by atoms with Gasteiger partial charge in [0.2, 0.25) is 0 Å². The van der Waals surface area contributed by atoms with Crippen molar-refractivity contribution >= 4 is 21.9 Å². The number of benzene rings is 1. The van der Waals surface area contributed by atoms with Gasteiger partial charge in [0.15, 0.2) is 6.10 Å². The fourth-order valence-electron chi connectivity index (χ4n) is 0.881. The van der Waals surface area contributed by atoms with Gasteiger partial charge in [0.05, 0.1) is 4.47 Å². The van der Waals surface area contributed by atoms with Crippen LogP contribution >= 0.6 is 15.9 Å². The van der Waals surface area contributed by atoms with Crippen LogP contribution in [0.3, 0.4) is 0 Å². The third kappa shape index (κ3) is 2.08. The van der Waals surface area contributed by atoms with Gasteiger partial charge in [0, 0.05) is 5.56 Å². The van der Waals surface area contributed by atoms with Crippen LogP contribution in [0.5, 0.6) is 0 Å². The van der Waals surface area contributed by atoms with Crippen molar-refractivity contribution in [3.05, 3.63) is 33.8 Å². The molecule has 0 aromatic heterocycles. The first kappa shape index (κ1) is 11.1. The Hall–Kier alpha value is -1.01. The van der Waals surface area contributed by atoms with Gasteiger partial charge in [-0.1, -0.05) is 0 Å². The number of carboxylic acids is 1. The second kappa shape index (κ2) is 4.02. The molecule has 1 rings (SSSR count). The molecule has 6 heteroatoms. The highest BCUT2D eigenvalue weighted by molar-refractivity contribution is 9.10. The molecule has 0 heterocycles. The minimum Gasteiger partial charge on any atom is -0.479 e. The highest BCUT2D eigenvalue weighted by Crippen LogP contribution is 2.24. The summed E-state index contributed by atoms with van der Waals surface area (Å²) in [6.07, 6.45) is -2.06. The number of rotatable bonds is 2. The van der Waals surface area contributed by atoms with Crippen molar-refractivity contribution in [3.63, 3.8) is 0 Å². The maximum atomic E-state index is 13.0. The Morgan fingerprint density at radius 3 is 2.43 bits per heavy atom. The molecule has 0 spiro atoms. The molecule has 1 aromatic carbocycles. The predicted molar refractivity (Wildman–Crippen MR) is 46.7 cm³/mol. The van der Waals surface area contributed by atoms with Gasteiger partial charge in [-0.2, -0.15) is 0 Å². The summed E-state index contributed by atoms with van der Waals surface area (Å²) in [4.78, 5) is 10.3. The topological polar surface area (TPSA) is 57.5 Å². The molecule has 0 fully saturated rings. The molecule has 14 heavy (non-hydrogen) atoms. The van der Waals surface area contributed by atoms with Crippen LogP contribution in [0.2, 0.25) is 0 Å². The number of aliphatic carboxylic acids is 1. The molecule has 0 saturated carbocycles. The van der Waals surface area contributed by atoms with Crippen LogP contribution in [0.25, 0.3) is 0 Å².